The lowest BCUT2D eigenvalue weighted by Crippen LogP contribution is -2.40. The van der Waals surface area contributed by atoms with Crippen molar-refractivity contribution in [1.29, 1.82) is 0 Å². The number of nitrogens with one attached hydrogen (secondary N) is 1. The van der Waals surface area contributed by atoms with Crippen LogP contribution in [0.5, 0.6) is 0 Å². The third kappa shape index (κ3) is 4.07. The third-order valence-corrected chi connectivity index (χ3v) is 4.58. The maximum Gasteiger partial charge on any atom is 0.267 e. The van der Waals surface area contributed by atoms with Crippen LogP contribution in [0.2, 0.25) is 0 Å². The van der Waals surface area contributed by atoms with Crippen molar-refractivity contribution in [3.05, 3.63) is 4.88 Å². The molecule has 0 atom stereocenters. The highest BCUT2D eigenvalue weighted by atomic mass is 32.1. The Bertz CT molecular complexity index is 483. The molecule has 0 aromatic carbocycles. The molecule has 21 heavy (non-hydrogen) atoms. The summed E-state index contributed by atoms with van der Waals surface area (Å²) in [5, 5.41) is 3.93. The zero-order chi connectivity index (χ0) is 15.4. The minimum Gasteiger partial charge on any atom is -0.382 e. The van der Waals surface area contributed by atoms with Crippen LogP contribution in [0, 0.1) is 5.92 Å². The zero-order valence-electron chi connectivity index (χ0n) is 12.9. The third-order valence-electron chi connectivity index (χ3n) is 3.57. The van der Waals surface area contributed by atoms with E-state index in [1.807, 2.05) is 7.05 Å². The highest BCUT2D eigenvalue weighted by Gasteiger charge is 2.26. The number of hydrogen-bond donors (Lipinski definition) is 2. The van der Waals surface area contributed by atoms with E-state index in [9.17, 15) is 4.79 Å². The lowest BCUT2D eigenvalue weighted by molar-refractivity contribution is 0.0365. The van der Waals surface area contributed by atoms with E-state index in [0.29, 0.717) is 35.0 Å². The number of aromatic nitrogens is 1. The number of anilines is 2. The molecule has 1 aromatic rings. The summed E-state index contributed by atoms with van der Waals surface area (Å²) in [6.07, 6.45) is 1.75. The topological polar surface area (TPSA) is 80.5 Å². The number of carbonyl (C=O) groups excluding carboxylic acids is 1. The molecule has 1 fully saturated rings. The molecule has 1 aliphatic heterocycles. The lowest BCUT2D eigenvalue weighted by Gasteiger charge is -2.30. The molecular weight excluding hydrogens is 288 g/mol. The second-order valence-corrected chi connectivity index (χ2v) is 6.77. The maximum atomic E-state index is 12.6. The van der Waals surface area contributed by atoms with Gasteiger partial charge in [0.15, 0.2) is 5.13 Å². The first kappa shape index (κ1) is 16.0. The largest absolute Gasteiger partial charge is 0.382 e. The first-order valence-corrected chi connectivity index (χ1v) is 8.15. The molecule has 0 unspecified atom stereocenters. The van der Waals surface area contributed by atoms with Crippen molar-refractivity contribution in [3.8, 4) is 0 Å². The molecule has 1 saturated heterocycles. The van der Waals surface area contributed by atoms with E-state index in [4.69, 9.17) is 10.5 Å². The summed E-state index contributed by atoms with van der Waals surface area (Å²) < 4.78 is 5.34. The van der Waals surface area contributed by atoms with E-state index in [2.05, 4.69) is 24.1 Å². The number of nitrogens with two attached hydrogens (primary N) is 1. The Labute approximate surface area is 129 Å². The number of hydrogen-bond acceptors (Lipinski definition) is 6. The lowest BCUT2D eigenvalue weighted by atomic mass is 10.1. The summed E-state index contributed by atoms with van der Waals surface area (Å²) in [5.74, 6) is 0.781. The quantitative estimate of drug-likeness (QED) is 0.869. The Balaban J connectivity index is 2.04. The van der Waals surface area contributed by atoms with Crippen LogP contribution in [0.3, 0.4) is 0 Å². The average Bonchev–Trinajstić information content (AvgIpc) is 2.85. The molecule has 0 spiro atoms. The van der Waals surface area contributed by atoms with Crippen LogP contribution in [-0.4, -0.2) is 48.6 Å². The molecule has 0 aliphatic carbocycles. The fourth-order valence-corrected chi connectivity index (χ4v) is 3.13. The van der Waals surface area contributed by atoms with Gasteiger partial charge in [0.25, 0.3) is 5.91 Å². The SMILES string of the molecule is CC(C)CNc1nc(N)c(C(=O)N(C)C2CCOCC2)s1. The van der Waals surface area contributed by atoms with Crippen LogP contribution in [0.1, 0.15) is 36.4 Å². The van der Waals surface area contributed by atoms with E-state index in [0.717, 1.165) is 19.4 Å². The Morgan fingerprint density at radius 2 is 2.19 bits per heavy atom. The van der Waals surface area contributed by atoms with Gasteiger partial charge in [-0.3, -0.25) is 4.79 Å². The van der Waals surface area contributed by atoms with Crippen molar-refractivity contribution in [1.82, 2.24) is 9.88 Å². The molecule has 2 heterocycles. The smallest absolute Gasteiger partial charge is 0.267 e. The van der Waals surface area contributed by atoms with Crippen LogP contribution >= 0.6 is 11.3 Å². The normalized spacial score (nSPS) is 16.2. The molecule has 0 radical (unpaired) electrons. The van der Waals surface area contributed by atoms with Crippen LogP contribution in [0.4, 0.5) is 10.9 Å². The van der Waals surface area contributed by atoms with Crippen LogP contribution in [0.15, 0.2) is 0 Å². The molecule has 6 nitrogen and oxygen atoms in total. The minimum absolute atomic E-state index is 0.0468. The van der Waals surface area contributed by atoms with Gasteiger partial charge >= 0.3 is 0 Å². The molecule has 7 heteroatoms. The molecule has 1 amide bonds. The van der Waals surface area contributed by atoms with Gasteiger partial charge in [-0.2, -0.15) is 0 Å². The summed E-state index contributed by atoms with van der Waals surface area (Å²) in [7, 11) is 1.83. The highest BCUT2D eigenvalue weighted by Crippen LogP contribution is 2.27. The van der Waals surface area contributed by atoms with Gasteiger partial charge in [0.1, 0.15) is 10.7 Å². The first-order valence-electron chi connectivity index (χ1n) is 7.34. The molecule has 2 rings (SSSR count). The molecule has 0 bridgehead atoms. The fourth-order valence-electron chi connectivity index (χ4n) is 2.25. The Hall–Kier alpha value is -1.34. The number of rotatable bonds is 5. The van der Waals surface area contributed by atoms with Gasteiger partial charge in [-0.15, -0.1) is 0 Å². The molecule has 118 valence electrons. The minimum atomic E-state index is -0.0468. The molecule has 1 aromatic heterocycles. The van der Waals surface area contributed by atoms with Crippen LogP contribution in [-0.2, 0) is 4.74 Å². The Morgan fingerprint density at radius 1 is 1.52 bits per heavy atom. The Morgan fingerprint density at radius 3 is 2.81 bits per heavy atom. The van der Waals surface area contributed by atoms with Crippen molar-refractivity contribution < 1.29 is 9.53 Å². The van der Waals surface area contributed by atoms with Gasteiger partial charge in [0.05, 0.1) is 0 Å². The number of nitrogens with zero attached hydrogens (tertiary/aromatic N) is 2. The molecular formula is C14H24N4O2S. The van der Waals surface area contributed by atoms with Crippen molar-refractivity contribution in [2.24, 2.45) is 5.92 Å². The van der Waals surface area contributed by atoms with Crippen molar-refractivity contribution in [3.63, 3.8) is 0 Å². The number of nitrogen functional groups attached to an aromatic ring is 1. The molecule has 0 saturated carbocycles. The summed E-state index contributed by atoms with van der Waals surface area (Å²) in [6, 6.07) is 0.222. The summed E-state index contributed by atoms with van der Waals surface area (Å²) >= 11 is 1.33. The standard InChI is InChI=1S/C14H24N4O2S/c1-9(2)8-16-14-17-12(15)11(21-14)13(19)18(3)10-4-6-20-7-5-10/h9-10H,4-8,15H2,1-3H3,(H,16,17). The predicted octanol–water partition coefficient (Wildman–Crippen LogP) is 2.04. The average molecular weight is 312 g/mol. The van der Waals surface area contributed by atoms with Gasteiger partial charge in [0.2, 0.25) is 0 Å². The van der Waals surface area contributed by atoms with Gasteiger partial charge in [-0.05, 0) is 18.8 Å². The van der Waals surface area contributed by atoms with Crippen molar-refractivity contribution in [2.45, 2.75) is 32.7 Å². The second kappa shape index (κ2) is 7.09. The van der Waals surface area contributed by atoms with Crippen LogP contribution < -0.4 is 11.1 Å². The maximum absolute atomic E-state index is 12.6. The second-order valence-electron chi connectivity index (χ2n) is 5.77. The van der Waals surface area contributed by atoms with E-state index in [1.54, 1.807) is 4.90 Å². The highest BCUT2D eigenvalue weighted by molar-refractivity contribution is 7.18. The number of thiazole rings is 1. The van der Waals surface area contributed by atoms with E-state index in [1.165, 1.54) is 11.3 Å². The van der Waals surface area contributed by atoms with Gasteiger partial charge in [-0.25, -0.2) is 4.98 Å². The number of amides is 1. The summed E-state index contributed by atoms with van der Waals surface area (Å²) in [6.45, 7) is 6.48. The number of ether oxygens (including phenoxy) is 1. The summed E-state index contributed by atoms with van der Waals surface area (Å²) in [4.78, 5) is 19.1. The monoisotopic (exact) mass is 312 g/mol. The van der Waals surface area contributed by atoms with E-state index < -0.39 is 0 Å². The number of carbonyl (C=O) groups is 1. The van der Waals surface area contributed by atoms with Crippen molar-refractivity contribution in [2.75, 3.05) is 37.9 Å². The van der Waals surface area contributed by atoms with Crippen LogP contribution in [0.25, 0.3) is 0 Å². The summed E-state index contributed by atoms with van der Waals surface area (Å²) in [5.41, 5.74) is 5.90. The van der Waals surface area contributed by atoms with E-state index >= 15 is 0 Å². The van der Waals surface area contributed by atoms with Gasteiger partial charge in [-0.1, -0.05) is 25.2 Å². The molecule has 3 N–H and O–H groups in total. The van der Waals surface area contributed by atoms with Gasteiger partial charge < -0.3 is 20.7 Å². The van der Waals surface area contributed by atoms with Crippen molar-refractivity contribution >= 4 is 28.2 Å². The fraction of sp³-hybridized carbons (Fsp3) is 0.714. The Kier molecular flexibility index (Phi) is 5.41. The molecule has 1 aliphatic rings. The first-order chi connectivity index (χ1) is 9.99. The van der Waals surface area contributed by atoms with Gasteiger partial charge in [0, 0.05) is 32.8 Å². The van der Waals surface area contributed by atoms with E-state index in [-0.39, 0.29) is 11.9 Å². The predicted molar refractivity (Wildman–Crippen MR) is 85.8 cm³/mol. The zero-order valence-corrected chi connectivity index (χ0v) is 13.7.